The second-order valence-corrected chi connectivity index (χ2v) is 8.25. The van der Waals surface area contributed by atoms with Gasteiger partial charge in [-0.1, -0.05) is 36.4 Å². The molecule has 1 saturated heterocycles. The zero-order chi connectivity index (χ0) is 21.4. The molecule has 160 valence electrons. The zero-order valence-corrected chi connectivity index (χ0v) is 17.3. The van der Waals surface area contributed by atoms with Gasteiger partial charge in [0.05, 0.1) is 12.1 Å². The van der Waals surface area contributed by atoms with E-state index in [1.165, 1.54) is 5.56 Å². The van der Waals surface area contributed by atoms with Crippen molar-refractivity contribution in [2.45, 2.75) is 13.0 Å². The van der Waals surface area contributed by atoms with Crippen molar-refractivity contribution in [1.29, 1.82) is 0 Å². The number of amides is 1. The van der Waals surface area contributed by atoms with Crippen LogP contribution in [0.2, 0.25) is 0 Å². The minimum absolute atomic E-state index is 0.116. The van der Waals surface area contributed by atoms with Crippen LogP contribution in [0.3, 0.4) is 0 Å². The van der Waals surface area contributed by atoms with Crippen LogP contribution in [-0.2, 0) is 27.4 Å². The summed E-state index contributed by atoms with van der Waals surface area (Å²) in [5, 5.41) is 11.8. The lowest BCUT2D eigenvalue weighted by atomic mass is 9.98. The van der Waals surface area contributed by atoms with Crippen LogP contribution in [0.15, 0.2) is 42.5 Å². The fourth-order valence-electron chi connectivity index (χ4n) is 4.57. The van der Waals surface area contributed by atoms with E-state index in [9.17, 15) is 9.59 Å². The number of fused-ring (bicyclic) bond motifs is 2. The van der Waals surface area contributed by atoms with Crippen molar-refractivity contribution in [3.63, 3.8) is 0 Å². The summed E-state index contributed by atoms with van der Waals surface area (Å²) in [4.78, 5) is 27.8. The summed E-state index contributed by atoms with van der Waals surface area (Å²) in [5.74, 6) is -0.213. The van der Waals surface area contributed by atoms with Crippen molar-refractivity contribution in [2.75, 3.05) is 44.6 Å². The maximum Gasteiger partial charge on any atom is 0.317 e. The molecule has 0 radical (unpaired) electrons. The second kappa shape index (κ2) is 8.17. The number of nitrogens with one attached hydrogen (secondary N) is 1. The Morgan fingerprint density at radius 1 is 1.03 bits per heavy atom. The highest BCUT2D eigenvalue weighted by Gasteiger charge is 2.32. The average Bonchev–Trinajstić information content (AvgIpc) is 3.32. The Morgan fingerprint density at radius 2 is 1.81 bits per heavy atom. The smallest absolute Gasteiger partial charge is 0.317 e. The maximum atomic E-state index is 12.6. The fourth-order valence-corrected chi connectivity index (χ4v) is 4.57. The average molecular weight is 419 g/mol. The highest BCUT2D eigenvalue weighted by atomic mass is 16.5. The minimum atomic E-state index is -0.762. The van der Waals surface area contributed by atoms with Gasteiger partial charge < -0.3 is 20.1 Å². The fraction of sp³-hybridized carbons (Fsp3) is 0.333. The molecule has 7 heteroatoms. The monoisotopic (exact) mass is 419 g/mol. The van der Waals surface area contributed by atoms with Crippen LogP contribution in [0.25, 0.3) is 11.3 Å². The number of benzene rings is 2. The molecule has 3 aliphatic heterocycles. The van der Waals surface area contributed by atoms with Crippen molar-refractivity contribution in [1.82, 2.24) is 9.80 Å². The molecule has 0 aromatic heterocycles. The highest BCUT2D eigenvalue weighted by Crippen LogP contribution is 2.41. The molecular weight excluding hydrogens is 394 g/mol. The molecule has 1 fully saturated rings. The van der Waals surface area contributed by atoms with Gasteiger partial charge in [-0.15, -0.1) is 0 Å². The van der Waals surface area contributed by atoms with E-state index >= 15 is 0 Å². The van der Waals surface area contributed by atoms with Gasteiger partial charge in [0.15, 0.2) is 0 Å². The molecule has 0 bridgehead atoms. The molecule has 0 unspecified atom stereocenters. The topological polar surface area (TPSA) is 82.1 Å². The normalized spacial score (nSPS) is 20.8. The molecule has 7 nitrogen and oxygen atoms in total. The number of anilines is 1. The summed E-state index contributed by atoms with van der Waals surface area (Å²) in [6.07, 6.45) is 0.932. The first-order valence-corrected chi connectivity index (χ1v) is 10.6. The number of hydrogen-bond acceptors (Lipinski definition) is 5. The molecule has 2 aromatic carbocycles. The molecule has 3 aliphatic rings. The van der Waals surface area contributed by atoms with Gasteiger partial charge in [-0.2, -0.15) is 0 Å². The maximum absolute atomic E-state index is 12.6. The molecule has 0 saturated carbocycles. The predicted octanol–water partition coefficient (Wildman–Crippen LogP) is 2.28. The highest BCUT2D eigenvalue weighted by molar-refractivity contribution is 6.36. The molecular formula is C24H25N3O4. The molecule has 0 atom stereocenters. The SMILES string of the molecule is O=C(O)CN1CCN(CCc2ccc3c(c2)COC3=C2C(=O)Nc3ccccc32)CC1. The Labute approximate surface area is 180 Å². The number of carbonyl (C=O) groups excluding carboxylic acids is 1. The van der Waals surface area contributed by atoms with Crippen LogP contribution in [0, 0.1) is 0 Å². The molecule has 2 aromatic rings. The molecule has 2 N–H and O–H groups in total. The van der Waals surface area contributed by atoms with Crippen molar-refractivity contribution in [3.05, 3.63) is 64.7 Å². The van der Waals surface area contributed by atoms with E-state index in [0.29, 0.717) is 17.9 Å². The Balaban J connectivity index is 1.27. The summed E-state index contributed by atoms with van der Waals surface area (Å²) < 4.78 is 5.98. The van der Waals surface area contributed by atoms with Gasteiger partial charge >= 0.3 is 5.97 Å². The number of rotatable bonds is 5. The van der Waals surface area contributed by atoms with E-state index in [-0.39, 0.29) is 12.5 Å². The van der Waals surface area contributed by atoms with E-state index in [1.54, 1.807) is 0 Å². The third-order valence-corrected chi connectivity index (χ3v) is 6.23. The lowest BCUT2D eigenvalue weighted by Crippen LogP contribution is -2.48. The van der Waals surface area contributed by atoms with Gasteiger partial charge in [-0.05, 0) is 18.1 Å². The second-order valence-electron chi connectivity index (χ2n) is 8.25. The Morgan fingerprint density at radius 3 is 2.61 bits per heavy atom. The standard InChI is InChI=1S/C24H25N3O4/c28-21(29)14-27-11-9-26(10-12-27)8-7-16-5-6-18-17(13-16)15-31-23(18)22-19-3-1-2-4-20(19)25-24(22)30/h1-6,13H,7-12,14-15H2,(H,25,30)(H,28,29). The lowest BCUT2D eigenvalue weighted by Gasteiger charge is -2.33. The molecule has 3 heterocycles. The van der Waals surface area contributed by atoms with E-state index in [0.717, 1.165) is 61.5 Å². The molecule has 31 heavy (non-hydrogen) atoms. The number of carbonyl (C=O) groups is 2. The Hall–Kier alpha value is -3.16. The molecule has 5 rings (SSSR count). The largest absolute Gasteiger partial charge is 0.487 e. The third-order valence-electron chi connectivity index (χ3n) is 6.23. The lowest BCUT2D eigenvalue weighted by molar-refractivity contribution is -0.138. The van der Waals surface area contributed by atoms with E-state index < -0.39 is 5.97 Å². The summed E-state index contributed by atoms with van der Waals surface area (Å²) in [6.45, 7) is 4.93. The quantitative estimate of drug-likeness (QED) is 0.724. The van der Waals surface area contributed by atoms with Gasteiger partial charge in [0, 0.05) is 55.1 Å². The first-order chi connectivity index (χ1) is 15.1. The number of carboxylic acids is 1. The number of carboxylic acid groups (broad SMARTS) is 1. The van der Waals surface area contributed by atoms with E-state index in [2.05, 4.69) is 28.4 Å². The molecule has 1 amide bonds. The summed E-state index contributed by atoms with van der Waals surface area (Å²) in [6, 6.07) is 14.1. The van der Waals surface area contributed by atoms with Crippen LogP contribution < -0.4 is 5.32 Å². The first kappa shape index (κ1) is 19.8. The van der Waals surface area contributed by atoms with Gasteiger partial charge in [0.1, 0.15) is 12.4 Å². The zero-order valence-electron chi connectivity index (χ0n) is 17.3. The van der Waals surface area contributed by atoms with Crippen LogP contribution in [-0.4, -0.2) is 66.1 Å². The Kier molecular flexibility index (Phi) is 5.21. The molecule has 0 spiro atoms. The van der Waals surface area contributed by atoms with Gasteiger partial charge in [-0.3, -0.25) is 14.5 Å². The van der Waals surface area contributed by atoms with Crippen molar-refractivity contribution in [2.24, 2.45) is 0 Å². The number of nitrogens with zero attached hydrogens (tertiary/aromatic N) is 2. The van der Waals surface area contributed by atoms with Crippen molar-refractivity contribution in [3.8, 4) is 0 Å². The minimum Gasteiger partial charge on any atom is -0.487 e. The van der Waals surface area contributed by atoms with E-state index in [4.69, 9.17) is 9.84 Å². The van der Waals surface area contributed by atoms with Gasteiger partial charge in [-0.25, -0.2) is 0 Å². The number of para-hydroxylation sites is 1. The van der Waals surface area contributed by atoms with Crippen LogP contribution in [0.1, 0.15) is 22.3 Å². The number of ether oxygens (including phenoxy) is 1. The summed E-state index contributed by atoms with van der Waals surface area (Å²) >= 11 is 0. The molecule has 0 aliphatic carbocycles. The van der Waals surface area contributed by atoms with Gasteiger partial charge in [0.25, 0.3) is 5.91 Å². The summed E-state index contributed by atoms with van der Waals surface area (Å²) in [7, 11) is 0. The number of hydrogen-bond donors (Lipinski definition) is 2. The van der Waals surface area contributed by atoms with Crippen LogP contribution in [0.4, 0.5) is 5.69 Å². The predicted molar refractivity (Wildman–Crippen MR) is 117 cm³/mol. The van der Waals surface area contributed by atoms with Crippen molar-refractivity contribution >= 4 is 28.9 Å². The number of piperazine rings is 1. The Bertz CT molecular complexity index is 1070. The number of aliphatic carboxylic acids is 1. The first-order valence-electron chi connectivity index (χ1n) is 10.6. The third kappa shape index (κ3) is 3.94. The van der Waals surface area contributed by atoms with Crippen molar-refractivity contribution < 1.29 is 19.4 Å². The van der Waals surface area contributed by atoms with Crippen LogP contribution >= 0.6 is 0 Å². The van der Waals surface area contributed by atoms with Gasteiger partial charge in [0.2, 0.25) is 0 Å². The van der Waals surface area contributed by atoms with Crippen LogP contribution in [0.5, 0.6) is 0 Å². The van der Waals surface area contributed by atoms with E-state index in [1.807, 2.05) is 29.2 Å². The summed E-state index contributed by atoms with van der Waals surface area (Å²) in [5.41, 5.74) is 5.68.